The molecular formula is C13H18N4OS. The van der Waals surface area contributed by atoms with Crippen molar-refractivity contribution < 1.29 is 4.52 Å². The van der Waals surface area contributed by atoms with Crippen molar-refractivity contribution in [2.75, 3.05) is 13.1 Å². The molecule has 1 atom stereocenters. The minimum Gasteiger partial charge on any atom is -0.334 e. The maximum atomic E-state index is 5.83. The van der Waals surface area contributed by atoms with Crippen LogP contribution in [0.4, 0.5) is 0 Å². The first-order chi connectivity index (χ1) is 9.36. The summed E-state index contributed by atoms with van der Waals surface area (Å²) >= 11 is 1.63. The van der Waals surface area contributed by atoms with Gasteiger partial charge in [0, 0.05) is 18.0 Å². The van der Waals surface area contributed by atoms with E-state index in [4.69, 9.17) is 10.3 Å². The van der Waals surface area contributed by atoms with E-state index in [1.807, 2.05) is 16.8 Å². The van der Waals surface area contributed by atoms with E-state index in [-0.39, 0.29) is 0 Å². The molecular weight excluding hydrogens is 260 g/mol. The van der Waals surface area contributed by atoms with Gasteiger partial charge >= 0.3 is 0 Å². The number of hydrogen-bond donors (Lipinski definition) is 1. The van der Waals surface area contributed by atoms with Crippen LogP contribution in [0.25, 0.3) is 11.5 Å². The number of nitrogens with two attached hydrogens (primary N) is 1. The number of nitrogens with zero attached hydrogens (tertiary/aromatic N) is 3. The van der Waals surface area contributed by atoms with E-state index < -0.39 is 0 Å². The second-order valence-electron chi connectivity index (χ2n) is 4.88. The van der Waals surface area contributed by atoms with Crippen LogP contribution in [0.2, 0.25) is 0 Å². The molecule has 1 aliphatic heterocycles. The largest absolute Gasteiger partial charge is 0.334 e. The summed E-state index contributed by atoms with van der Waals surface area (Å²) in [4.78, 5) is 6.83. The van der Waals surface area contributed by atoms with Gasteiger partial charge in [-0.2, -0.15) is 16.3 Å². The van der Waals surface area contributed by atoms with Gasteiger partial charge in [0.25, 0.3) is 5.89 Å². The van der Waals surface area contributed by atoms with Crippen molar-refractivity contribution in [3.05, 3.63) is 22.7 Å². The van der Waals surface area contributed by atoms with Crippen LogP contribution in [-0.4, -0.2) is 34.2 Å². The summed E-state index contributed by atoms with van der Waals surface area (Å²) in [6, 6.07) is 2.45. The third-order valence-electron chi connectivity index (χ3n) is 3.60. The number of rotatable bonds is 4. The SMILES string of the molecule is NCC1CCCCN1Cc1noc(-c2ccsc2)n1. The third-order valence-corrected chi connectivity index (χ3v) is 4.29. The Hall–Kier alpha value is -1.24. The monoisotopic (exact) mass is 278 g/mol. The molecule has 1 saturated heterocycles. The minimum atomic E-state index is 0.455. The van der Waals surface area contributed by atoms with E-state index in [1.165, 1.54) is 19.3 Å². The van der Waals surface area contributed by atoms with Crippen molar-refractivity contribution >= 4 is 11.3 Å². The lowest BCUT2D eigenvalue weighted by atomic mass is 10.0. The third kappa shape index (κ3) is 2.86. The van der Waals surface area contributed by atoms with Gasteiger partial charge in [-0.1, -0.05) is 11.6 Å². The predicted octanol–water partition coefficient (Wildman–Crippen LogP) is 2.11. The minimum absolute atomic E-state index is 0.455. The maximum Gasteiger partial charge on any atom is 0.258 e. The van der Waals surface area contributed by atoms with Gasteiger partial charge in [-0.3, -0.25) is 4.90 Å². The van der Waals surface area contributed by atoms with Crippen molar-refractivity contribution in [1.29, 1.82) is 0 Å². The fourth-order valence-electron chi connectivity index (χ4n) is 2.54. The van der Waals surface area contributed by atoms with Crippen molar-refractivity contribution in [2.24, 2.45) is 5.73 Å². The highest BCUT2D eigenvalue weighted by Crippen LogP contribution is 2.22. The first-order valence-corrected chi connectivity index (χ1v) is 7.60. The molecule has 0 aromatic carbocycles. The van der Waals surface area contributed by atoms with E-state index in [1.54, 1.807) is 11.3 Å². The number of thiophene rings is 1. The lowest BCUT2D eigenvalue weighted by Gasteiger charge is -2.33. The molecule has 1 aliphatic rings. The highest BCUT2D eigenvalue weighted by atomic mass is 32.1. The van der Waals surface area contributed by atoms with Gasteiger partial charge in [0.1, 0.15) is 0 Å². The van der Waals surface area contributed by atoms with Crippen LogP contribution < -0.4 is 5.73 Å². The maximum absolute atomic E-state index is 5.83. The second-order valence-corrected chi connectivity index (χ2v) is 5.66. The zero-order valence-electron chi connectivity index (χ0n) is 10.8. The molecule has 3 heterocycles. The lowest BCUT2D eigenvalue weighted by Crippen LogP contribution is -2.43. The van der Waals surface area contributed by atoms with Crippen LogP contribution in [0.3, 0.4) is 0 Å². The Labute approximate surface area is 116 Å². The quantitative estimate of drug-likeness (QED) is 0.927. The molecule has 0 amide bonds. The number of piperidine rings is 1. The molecule has 5 nitrogen and oxygen atoms in total. The van der Waals surface area contributed by atoms with Crippen molar-refractivity contribution in [3.8, 4) is 11.5 Å². The standard InChI is InChI=1S/C13H18N4OS/c14-7-11-3-1-2-5-17(11)8-12-15-13(18-16-12)10-4-6-19-9-10/h4,6,9,11H,1-3,5,7-8,14H2. The van der Waals surface area contributed by atoms with E-state index in [2.05, 4.69) is 15.0 Å². The average molecular weight is 278 g/mol. The molecule has 0 aliphatic carbocycles. The first-order valence-electron chi connectivity index (χ1n) is 6.66. The molecule has 102 valence electrons. The van der Waals surface area contributed by atoms with Gasteiger partial charge in [0.05, 0.1) is 12.1 Å². The Morgan fingerprint density at radius 3 is 3.21 bits per heavy atom. The van der Waals surface area contributed by atoms with E-state index >= 15 is 0 Å². The van der Waals surface area contributed by atoms with Crippen LogP contribution >= 0.6 is 11.3 Å². The summed E-state index contributed by atoms with van der Waals surface area (Å²) in [5.41, 5.74) is 6.82. The van der Waals surface area contributed by atoms with Crippen LogP contribution in [0.1, 0.15) is 25.1 Å². The van der Waals surface area contributed by atoms with Crippen molar-refractivity contribution in [1.82, 2.24) is 15.0 Å². The number of aromatic nitrogens is 2. The van der Waals surface area contributed by atoms with Gasteiger partial charge < -0.3 is 10.3 Å². The highest BCUT2D eigenvalue weighted by molar-refractivity contribution is 7.08. The molecule has 3 rings (SSSR count). The van der Waals surface area contributed by atoms with Gasteiger partial charge in [0.15, 0.2) is 5.82 Å². The molecule has 19 heavy (non-hydrogen) atoms. The smallest absolute Gasteiger partial charge is 0.258 e. The summed E-state index contributed by atoms with van der Waals surface area (Å²) in [5.74, 6) is 1.36. The zero-order valence-corrected chi connectivity index (χ0v) is 11.6. The molecule has 6 heteroatoms. The van der Waals surface area contributed by atoms with Crippen LogP contribution in [-0.2, 0) is 6.54 Å². The summed E-state index contributed by atoms with van der Waals surface area (Å²) in [6.45, 7) is 2.51. The normalized spacial score (nSPS) is 20.8. The van der Waals surface area contributed by atoms with Crippen LogP contribution in [0.5, 0.6) is 0 Å². The summed E-state index contributed by atoms with van der Waals surface area (Å²) < 4.78 is 5.31. The molecule has 0 spiro atoms. The number of hydrogen-bond acceptors (Lipinski definition) is 6. The Morgan fingerprint density at radius 1 is 1.47 bits per heavy atom. The van der Waals surface area contributed by atoms with Gasteiger partial charge in [-0.15, -0.1) is 0 Å². The van der Waals surface area contributed by atoms with Gasteiger partial charge in [-0.25, -0.2) is 0 Å². The van der Waals surface area contributed by atoms with Gasteiger partial charge in [-0.05, 0) is 30.8 Å². The van der Waals surface area contributed by atoms with Gasteiger partial charge in [0.2, 0.25) is 0 Å². The average Bonchev–Trinajstić information content (AvgIpc) is 3.09. The topological polar surface area (TPSA) is 68.2 Å². The first kappa shape index (κ1) is 12.8. The van der Waals surface area contributed by atoms with E-state index in [0.29, 0.717) is 18.5 Å². The molecule has 2 N–H and O–H groups in total. The zero-order chi connectivity index (χ0) is 13.1. The van der Waals surface area contributed by atoms with Crippen molar-refractivity contribution in [2.45, 2.75) is 31.8 Å². The Morgan fingerprint density at radius 2 is 2.42 bits per heavy atom. The summed E-state index contributed by atoms with van der Waals surface area (Å²) in [7, 11) is 0. The Bertz CT molecular complexity index is 510. The molecule has 0 radical (unpaired) electrons. The molecule has 1 fully saturated rings. The summed E-state index contributed by atoms with van der Waals surface area (Å²) in [6.07, 6.45) is 3.67. The van der Waals surface area contributed by atoms with E-state index in [9.17, 15) is 0 Å². The van der Waals surface area contributed by atoms with Crippen LogP contribution in [0.15, 0.2) is 21.3 Å². The number of likely N-dealkylation sites (tertiary alicyclic amines) is 1. The predicted molar refractivity (Wildman–Crippen MR) is 74.7 cm³/mol. The molecule has 1 unspecified atom stereocenters. The second kappa shape index (κ2) is 5.81. The Kier molecular flexibility index (Phi) is 3.91. The lowest BCUT2D eigenvalue weighted by molar-refractivity contribution is 0.140. The van der Waals surface area contributed by atoms with Crippen LogP contribution in [0, 0.1) is 0 Å². The fourth-order valence-corrected chi connectivity index (χ4v) is 3.17. The fraction of sp³-hybridized carbons (Fsp3) is 0.538. The van der Waals surface area contributed by atoms with Crippen molar-refractivity contribution in [3.63, 3.8) is 0 Å². The molecule has 2 aromatic heterocycles. The Balaban J connectivity index is 1.69. The molecule has 0 bridgehead atoms. The highest BCUT2D eigenvalue weighted by Gasteiger charge is 2.23. The summed E-state index contributed by atoms with van der Waals surface area (Å²) in [5, 5.41) is 8.09. The molecule has 0 saturated carbocycles. The van der Waals surface area contributed by atoms with E-state index in [0.717, 1.165) is 24.5 Å². The molecule has 2 aromatic rings.